The second kappa shape index (κ2) is 10.6. The van der Waals surface area contributed by atoms with Gasteiger partial charge in [-0.3, -0.25) is 15.1 Å². The molecule has 3 amide bonds. The molecule has 8 nitrogen and oxygen atoms in total. The average Bonchev–Trinajstić information content (AvgIpc) is 2.78. The third-order valence-corrected chi connectivity index (χ3v) is 4.29. The molecule has 0 aliphatic rings. The summed E-state index contributed by atoms with van der Waals surface area (Å²) in [5.41, 5.74) is 2.03. The molecule has 0 radical (unpaired) electrons. The highest BCUT2D eigenvalue weighted by molar-refractivity contribution is 6.02. The summed E-state index contributed by atoms with van der Waals surface area (Å²) in [5, 5.41) is 8.14. The monoisotopic (exact) mass is 405 g/mol. The number of ether oxygens (including phenoxy) is 1. The van der Waals surface area contributed by atoms with Gasteiger partial charge in [0.25, 0.3) is 5.91 Å². The van der Waals surface area contributed by atoms with E-state index in [0.717, 1.165) is 12.8 Å². The lowest BCUT2D eigenvalue weighted by Gasteiger charge is -2.13. The summed E-state index contributed by atoms with van der Waals surface area (Å²) in [4.78, 5) is 32.6. The molecule has 0 atom stereocenters. The molecule has 154 valence electrons. The first-order valence-corrected chi connectivity index (χ1v) is 9.50. The van der Waals surface area contributed by atoms with Crippen molar-refractivity contribution in [3.63, 3.8) is 0 Å². The van der Waals surface area contributed by atoms with E-state index in [9.17, 15) is 9.59 Å². The van der Waals surface area contributed by atoms with E-state index >= 15 is 0 Å². The zero-order chi connectivity index (χ0) is 21.2. The summed E-state index contributed by atoms with van der Waals surface area (Å²) in [7, 11) is 1.49. The van der Waals surface area contributed by atoms with Gasteiger partial charge in [-0.15, -0.1) is 0 Å². The average molecular weight is 405 g/mol. The second-order valence-corrected chi connectivity index (χ2v) is 6.43. The zero-order valence-electron chi connectivity index (χ0n) is 16.6. The number of urea groups is 1. The number of carbonyl (C=O) groups excluding carboxylic acids is 2. The molecule has 0 saturated carbocycles. The normalized spacial score (nSPS) is 10.2. The minimum atomic E-state index is -0.519. The number of nitrogens with zero attached hydrogens (tertiary/aromatic N) is 2. The molecule has 0 aliphatic heterocycles. The van der Waals surface area contributed by atoms with Crippen LogP contribution in [0.25, 0.3) is 0 Å². The molecular weight excluding hydrogens is 382 g/mol. The summed E-state index contributed by atoms with van der Waals surface area (Å²) in [6, 6.07) is 14.4. The van der Waals surface area contributed by atoms with Crippen molar-refractivity contribution in [2.24, 2.45) is 0 Å². The number of hydrogen-bond acceptors (Lipinski definition) is 5. The van der Waals surface area contributed by atoms with Gasteiger partial charge in [0, 0.05) is 24.5 Å². The van der Waals surface area contributed by atoms with Crippen LogP contribution in [0.3, 0.4) is 0 Å². The van der Waals surface area contributed by atoms with E-state index in [4.69, 9.17) is 4.74 Å². The molecule has 0 spiro atoms. The first kappa shape index (κ1) is 20.8. The van der Waals surface area contributed by atoms with Crippen molar-refractivity contribution in [1.82, 2.24) is 15.3 Å². The number of amides is 3. The van der Waals surface area contributed by atoms with Gasteiger partial charge in [-0.05, 0) is 36.6 Å². The van der Waals surface area contributed by atoms with E-state index < -0.39 is 6.03 Å². The van der Waals surface area contributed by atoms with Crippen molar-refractivity contribution in [3.8, 4) is 5.75 Å². The van der Waals surface area contributed by atoms with Crippen LogP contribution in [0.5, 0.6) is 5.75 Å². The van der Waals surface area contributed by atoms with Gasteiger partial charge < -0.3 is 15.4 Å². The molecule has 0 unspecified atom stereocenters. The maximum absolute atomic E-state index is 12.5. The highest BCUT2D eigenvalue weighted by atomic mass is 16.5. The molecular formula is C22H23N5O3. The first-order valence-electron chi connectivity index (χ1n) is 9.50. The van der Waals surface area contributed by atoms with Crippen LogP contribution in [0.2, 0.25) is 0 Å². The van der Waals surface area contributed by atoms with Crippen molar-refractivity contribution in [2.75, 3.05) is 24.3 Å². The molecule has 1 aromatic heterocycles. The molecule has 0 aliphatic carbocycles. The Bertz CT molecular complexity index is 981. The van der Waals surface area contributed by atoms with E-state index in [2.05, 4.69) is 38.1 Å². The van der Waals surface area contributed by atoms with Gasteiger partial charge in [-0.1, -0.05) is 30.3 Å². The van der Waals surface area contributed by atoms with Gasteiger partial charge in [0.2, 0.25) is 0 Å². The van der Waals surface area contributed by atoms with Crippen LogP contribution in [-0.2, 0) is 6.42 Å². The Labute approximate surface area is 174 Å². The fraction of sp³-hybridized carbons (Fsp3) is 0.182. The fourth-order valence-corrected chi connectivity index (χ4v) is 2.82. The number of rotatable bonds is 8. The van der Waals surface area contributed by atoms with Gasteiger partial charge in [-0.25, -0.2) is 9.78 Å². The Hall–Kier alpha value is -3.94. The molecule has 3 aromatic rings. The highest BCUT2D eigenvalue weighted by Crippen LogP contribution is 2.25. The Morgan fingerprint density at radius 2 is 1.87 bits per heavy atom. The van der Waals surface area contributed by atoms with Gasteiger partial charge >= 0.3 is 6.03 Å². The maximum atomic E-state index is 12.5. The zero-order valence-corrected chi connectivity index (χ0v) is 16.6. The van der Waals surface area contributed by atoms with Gasteiger partial charge in [0.05, 0.1) is 19.0 Å². The summed E-state index contributed by atoms with van der Waals surface area (Å²) in [5.74, 6) is 0.523. The van der Waals surface area contributed by atoms with Crippen LogP contribution in [0, 0.1) is 0 Å². The van der Waals surface area contributed by atoms with Crippen molar-refractivity contribution in [1.29, 1.82) is 0 Å². The van der Waals surface area contributed by atoms with E-state index in [1.165, 1.54) is 31.3 Å². The number of anilines is 2. The molecule has 2 aromatic carbocycles. The lowest BCUT2D eigenvalue weighted by molar-refractivity contribution is 0.0953. The number of hydrogen-bond donors (Lipinski definition) is 3. The van der Waals surface area contributed by atoms with Crippen molar-refractivity contribution < 1.29 is 14.3 Å². The summed E-state index contributed by atoms with van der Waals surface area (Å²) in [6.07, 6.45) is 6.12. The van der Waals surface area contributed by atoms with E-state index in [1.807, 2.05) is 18.2 Å². The van der Waals surface area contributed by atoms with Crippen LogP contribution in [-0.4, -0.2) is 35.6 Å². The van der Waals surface area contributed by atoms with E-state index in [0.29, 0.717) is 29.4 Å². The third-order valence-electron chi connectivity index (χ3n) is 4.29. The van der Waals surface area contributed by atoms with Crippen molar-refractivity contribution >= 4 is 23.4 Å². The van der Waals surface area contributed by atoms with E-state index in [1.54, 1.807) is 18.2 Å². The van der Waals surface area contributed by atoms with Crippen molar-refractivity contribution in [3.05, 3.63) is 78.2 Å². The molecule has 3 N–H and O–H groups in total. The van der Waals surface area contributed by atoms with Crippen LogP contribution in [0.1, 0.15) is 22.3 Å². The molecule has 3 rings (SSSR count). The summed E-state index contributed by atoms with van der Waals surface area (Å²) < 4.78 is 5.28. The topological polar surface area (TPSA) is 105 Å². The Balaban J connectivity index is 1.57. The minimum absolute atomic E-state index is 0.219. The van der Waals surface area contributed by atoms with Gasteiger partial charge in [-0.2, -0.15) is 0 Å². The molecule has 1 heterocycles. The lowest BCUT2D eigenvalue weighted by atomic mass is 10.1. The number of benzene rings is 2. The van der Waals surface area contributed by atoms with Crippen LogP contribution in [0.15, 0.2) is 67.1 Å². The van der Waals surface area contributed by atoms with E-state index in [-0.39, 0.29) is 5.91 Å². The Kier molecular flexibility index (Phi) is 7.32. The number of aryl methyl sites for hydroxylation is 1. The maximum Gasteiger partial charge on any atom is 0.324 e. The highest BCUT2D eigenvalue weighted by Gasteiger charge is 2.13. The predicted octanol–water partition coefficient (Wildman–Crippen LogP) is 3.49. The van der Waals surface area contributed by atoms with Crippen LogP contribution < -0.4 is 20.7 Å². The standard InChI is InChI=1S/C22H23N5O3/c1-30-19-10-9-17(21(28)25-11-5-8-16-6-3-2-4-7-16)14-18(19)26-22(29)27-20-15-23-12-13-24-20/h2-4,6-7,9-10,12-15H,5,8,11H2,1H3,(H,25,28)(H2,24,26,27,29). The molecule has 0 fully saturated rings. The summed E-state index contributed by atoms with van der Waals surface area (Å²) >= 11 is 0. The van der Waals surface area contributed by atoms with Gasteiger partial charge in [0.15, 0.2) is 5.82 Å². The second-order valence-electron chi connectivity index (χ2n) is 6.43. The number of methoxy groups -OCH3 is 1. The Morgan fingerprint density at radius 3 is 2.60 bits per heavy atom. The predicted molar refractivity (Wildman–Crippen MR) is 115 cm³/mol. The lowest BCUT2D eigenvalue weighted by Crippen LogP contribution is -2.25. The first-order chi connectivity index (χ1) is 14.7. The molecule has 30 heavy (non-hydrogen) atoms. The number of nitrogens with one attached hydrogen (secondary N) is 3. The fourth-order valence-electron chi connectivity index (χ4n) is 2.82. The van der Waals surface area contributed by atoms with Crippen LogP contribution >= 0.6 is 0 Å². The van der Waals surface area contributed by atoms with Crippen molar-refractivity contribution in [2.45, 2.75) is 12.8 Å². The third kappa shape index (κ3) is 6.03. The summed E-state index contributed by atoms with van der Waals surface area (Å²) in [6.45, 7) is 0.551. The molecule has 0 bridgehead atoms. The van der Waals surface area contributed by atoms with Gasteiger partial charge in [0.1, 0.15) is 5.75 Å². The minimum Gasteiger partial charge on any atom is -0.495 e. The smallest absolute Gasteiger partial charge is 0.324 e. The SMILES string of the molecule is COc1ccc(C(=O)NCCCc2ccccc2)cc1NC(=O)Nc1cnccn1. The quantitative estimate of drug-likeness (QED) is 0.498. The largest absolute Gasteiger partial charge is 0.495 e. The molecule has 8 heteroatoms. The number of aromatic nitrogens is 2. The molecule has 0 saturated heterocycles. The number of carbonyl (C=O) groups is 2. The Morgan fingerprint density at radius 1 is 1.03 bits per heavy atom. The van der Waals surface area contributed by atoms with Crippen LogP contribution in [0.4, 0.5) is 16.3 Å².